The highest BCUT2D eigenvalue weighted by atomic mass is 31.2. The van der Waals surface area contributed by atoms with Crippen molar-refractivity contribution in [2.75, 3.05) is 0 Å². The summed E-state index contributed by atoms with van der Waals surface area (Å²) in [5.41, 5.74) is -0.552. The van der Waals surface area contributed by atoms with Crippen LogP contribution in [0, 0.1) is 0 Å². The van der Waals surface area contributed by atoms with E-state index >= 15 is 0 Å². The fourth-order valence-corrected chi connectivity index (χ4v) is 1.81. The molecule has 0 heterocycles. The predicted molar refractivity (Wildman–Crippen MR) is 68.6 cm³/mol. The second-order valence-electron chi connectivity index (χ2n) is 4.35. The summed E-state index contributed by atoms with van der Waals surface area (Å²) in [6, 6.07) is 0. The minimum Gasteiger partial charge on any atom is -0.324 e. The minimum atomic E-state index is -3.88. The van der Waals surface area contributed by atoms with Crippen molar-refractivity contribution in [2.45, 2.75) is 64.5 Å². The molecular formula is C12H25O3P. The van der Waals surface area contributed by atoms with E-state index in [9.17, 15) is 4.57 Å². The molecule has 0 aromatic carbocycles. The van der Waals surface area contributed by atoms with Crippen LogP contribution in [-0.2, 0) is 4.57 Å². The van der Waals surface area contributed by atoms with Gasteiger partial charge in [-0.2, -0.15) is 0 Å². The molecular weight excluding hydrogens is 223 g/mol. The summed E-state index contributed by atoms with van der Waals surface area (Å²) >= 11 is 0. The molecule has 2 N–H and O–H groups in total. The zero-order chi connectivity index (χ0) is 12.4. The Kier molecular flexibility index (Phi) is 8.91. The predicted octanol–water partition coefficient (Wildman–Crippen LogP) is 3.86. The molecule has 0 spiro atoms. The van der Waals surface area contributed by atoms with Gasteiger partial charge in [0.05, 0.1) is 5.66 Å². The van der Waals surface area contributed by atoms with Gasteiger partial charge < -0.3 is 9.79 Å². The van der Waals surface area contributed by atoms with Gasteiger partial charge in [-0.25, -0.2) is 0 Å². The zero-order valence-electron chi connectivity index (χ0n) is 10.4. The topological polar surface area (TPSA) is 57.5 Å². The lowest BCUT2D eigenvalue weighted by Crippen LogP contribution is -2.00. The van der Waals surface area contributed by atoms with Crippen molar-refractivity contribution in [1.29, 1.82) is 0 Å². The molecule has 0 amide bonds. The van der Waals surface area contributed by atoms with Gasteiger partial charge in [0.25, 0.3) is 0 Å². The first-order chi connectivity index (χ1) is 7.48. The van der Waals surface area contributed by atoms with Crippen LogP contribution < -0.4 is 0 Å². The molecule has 3 nitrogen and oxygen atoms in total. The first-order valence-corrected chi connectivity index (χ1v) is 7.86. The molecule has 0 aromatic heterocycles. The van der Waals surface area contributed by atoms with Crippen molar-refractivity contribution in [3.8, 4) is 0 Å². The molecule has 0 aliphatic heterocycles. The molecule has 0 aromatic rings. The first-order valence-electron chi connectivity index (χ1n) is 6.18. The molecule has 1 unspecified atom stereocenters. The summed E-state index contributed by atoms with van der Waals surface area (Å²) < 4.78 is 10.8. The third kappa shape index (κ3) is 9.14. The molecule has 96 valence electrons. The number of allylic oxidation sites excluding steroid dienone is 2. The Hall–Kier alpha value is -0.110. The standard InChI is InChI=1S/C12H25O3P/c1-3-4-5-6-7-8-9-10-11-12(2)16(13,14)15/h9-10,12H,3-8,11H2,1-2H3,(H2,13,14,15). The van der Waals surface area contributed by atoms with Gasteiger partial charge in [0, 0.05) is 0 Å². The third-order valence-corrected chi connectivity index (χ3v) is 4.05. The highest BCUT2D eigenvalue weighted by Gasteiger charge is 2.21. The van der Waals surface area contributed by atoms with Gasteiger partial charge in [0.1, 0.15) is 0 Å². The van der Waals surface area contributed by atoms with Crippen molar-refractivity contribution < 1.29 is 14.4 Å². The van der Waals surface area contributed by atoms with E-state index in [0.29, 0.717) is 6.42 Å². The Labute approximate surface area is 99.1 Å². The number of hydrogen-bond acceptors (Lipinski definition) is 1. The second-order valence-corrected chi connectivity index (χ2v) is 6.41. The van der Waals surface area contributed by atoms with Crippen LogP contribution in [-0.4, -0.2) is 15.4 Å². The Balaban J connectivity index is 3.45. The highest BCUT2D eigenvalue weighted by molar-refractivity contribution is 7.52. The Morgan fingerprint density at radius 1 is 1.12 bits per heavy atom. The van der Waals surface area contributed by atoms with Crippen molar-refractivity contribution >= 4 is 7.60 Å². The van der Waals surface area contributed by atoms with E-state index in [1.807, 2.05) is 12.2 Å². The summed E-state index contributed by atoms with van der Waals surface area (Å²) in [6.45, 7) is 3.79. The van der Waals surface area contributed by atoms with Crippen LogP contribution in [0.5, 0.6) is 0 Å². The summed E-state index contributed by atoms with van der Waals surface area (Å²) in [7, 11) is -3.88. The van der Waals surface area contributed by atoms with E-state index in [0.717, 1.165) is 6.42 Å². The van der Waals surface area contributed by atoms with Crippen LogP contribution in [0.4, 0.5) is 0 Å². The minimum absolute atomic E-state index is 0.471. The summed E-state index contributed by atoms with van der Waals surface area (Å²) in [5, 5.41) is 0. The van der Waals surface area contributed by atoms with Gasteiger partial charge in [-0.3, -0.25) is 4.57 Å². The van der Waals surface area contributed by atoms with Crippen LogP contribution in [0.1, 0.15) is 58.8 Å². The summed E-state index contributed by atoms with van der Waals surface area (Å²) in [4.78, 5) is 17.7. The van der Waals surface area contributed by atoms with E-state index in [1.54, 1.807) is 6.92 Å². The molecule has 0 saturated heterocycles. The van der Waals surface area contributed by atoms with Gasteiger partial charge in [0.15, 0.2) is 0 Å². The van der Waals surface area contributed by atoms with Crippen molar-refractivity contribution in [3.05, 3.63) is 12.2 Å². The normalized spacial score (nSPS) is 14.5. The number of unbranched alkanes of at least 4 members (excludes halogenated alkanes) is 5. The Morgan fingerprint density at radius 2 is 1.75 bits per heavy atom. The van der Waals surface area contributed by atoms with Crippen molar-refractivity contribution in [3.63, 3.8) is 0 Å². The molecule has 0 aliphatic rings. The van der Waals surface area contributed by atoms with E-state index in [1.165, 1.54) is 32.1 Å². The maximum absolute atomic E-state index is 10.8. The van der Waals surface area contributed by atoms with Gasteiger partial charge in [-0.1, -0.05) is 51.7 Å². The van der Waals surface area contributed by atoms with Gasteiger partial charge >= 0.3 is 7.60 Å². The van der Waals surface area contributed by atoms with Gasteiger partial charge in [-0.15, -0.1) is 0 Å². The van der Waals surface area contributed by atoms with E-state index in [-0.39, 0.29) is 0 Å². The fraction of sp³-hybridized carbons (Fsp3) is 0.833. The average Bonchev–Trinajstić information content (AvgIpc) is 2.20. The van der Waals surface area contributed by atoms with Crippen molar-refractivity contribution in [2.24, 2.45) is 0 Å². The van der Waals surface area contributed by atoms with Crippen LogP contribution >= 0.6 is 7.60 Å². The van der Waals surface area contributed by atoms with Crippen LogP contribution in [0.25, 0.3) is 0 Å². The van der Waals surface area contributed by atoms with E-state index < -0.39 is 13.3 Å². The van der Waals surface area contributed by atoms with Crippen molar-refractivity contribution in [1.82, 2.24) is 0 Å². The van der Waals surface area contributed by atoms with Crippen LogP contribution in [0.2, 0.25) is 0 Å². The lowest BCUT2D eigenvalue weighted by Gasteiger charge is -2.09. The Bertz CT molecular complexity index is 232. The fourth-order valence-electron chi connectivity index (χ4n) is 1.41. The Morgan fingerprint density at radius 3 is 2.31 bits per heavy atom. The average molecular weight is 248 g/mol. The number of rotatable bonds is 9. The molecule has 0 aliphatic carbocycles. The maximum Gasteiger partial charge on any atom is 0.328 e. The molecule has 1 atom stereocenters. The maximum atomic E-state index is 10.8. The zero-order valence-corrected chi connectivity index (χ0v) is 11.3. The molecule has 4 heteroatoms. The largest absolute Gasteiger partial charge is 0.328 e. The lowest BCUT2D eigenvalue weighted by atomic mass is 10.1. The van der Waals surface area contributed by atoms with E-state index in [4.69, 9.17) is 9.79 Å². The SMILES string of the molecule is CCCCCCCC=CCC(C)P(=O)(O)O. The molecule has 0 rings (SSSR count). The lowest BCUT2D eigenvalue weighted by molar-refractivity contribution is 0.360. The molecule has 0 radical (unpaired) electrons. The second kappa shape index (κ2) is 8.98. The number of hydrogen-bond donors (Lipinski definition) is 2. The molecule has 0 saturated carbocycles. The summed E-state index contributed by atoms with van der Waals surface area (Å²) in [5.74, 6) is 0. The molecule has 0 bridgehead atoms. The van der Waals surface area contributed by atoms with E-state index in [2.05, 4.69) is 6.92 Å². The van der Waals surface area contributed by atoms with Crippen LogP contribution in [0.3, 0.4) is 0 Å². The molecule has 0 fully saturated rings. The smallest absolute Gasteiger partial charge is 0.324 e. The third-order valence-electron chi connectivity index (χ3n) is 2.69. The summed E-state index contributed by atoms with van der Waals surface area (Å²) in [6.07, 6.45) is 11.7. The van der Waals surface area contributed by atoms with Gasteiger partial charge in [-0.05, 0) is 19.3 Å². The quantitative estimate of drug-likeness (QED) is 0.370. The molecule has 16 heavy (non-hydrogen) atoms. The van der Waals surface area contributed by atoms with Crippen LogP contribution in [0.15, 0.2) is 12.2 Å². The van der Waals surface area contributed by atoms with Gasteiger partial charge in [0.2, 0.25) is 0 Å². The monoisotopic (exact) mass is 248 g/mol. The highest BCUT2D eigenvalue weighted by Crippen LogP contribution is 2.42. The first kappa shape index (κ1) is 15.9.